The third kappa shape index (κ3) is 3.81. The summed E-state index contributed by atoms with van der Waals surface area (Å²) >= 11 is 0. The van der Waals surface area contributed by atoms with E-state index in [1.165, 1.54) is 0 Å². The van der Waals surface area contributed by atoms with E-state index in [1.807, 2.05) is 45.0 Å². The number of hydrogen-bond donors (Lipinski definition) is 3. The third-order valence-corrected chi connectivity index (χ3v) is 4.94. The number of amides is 2. The fourth-order valence-electron chi connectivity index (χ4n) is 3.59. The number of aromatic nitrogens is 2. The number of carbonyl (C=O) groups excluding carboxylic acids is 1. The normalized spacial score (nSPS) is 21.8. The Bertz CT molecular complexity index is 768. The number of rotatable bonds is 4. The van der Waals surface area contributed by atoms with E-state index in [1.54, 1.807) is 4.90 Å². The predicted molar refractivity (Wildman–Crippen MR) is 98.7 cm³/mol. The first-order valence-electron chi connectivity index (χ1n) is 9.08. The van der Waals surface area contributed by atoms with Gasteiger partial charge in [-0.15, -0.1) is 0 Å². The number of carboxylic acids is 1. The molecule has 1 saturated heterocycles. The number of aromatic amines is 1. The van der Waals surface area contributed by atoms with Crippen LogP contribution in [0.15, 0.2) is 24.3 Å². The van der Waals surface area contributed by atoms with Crippen molar-refractivity contribution in [3.8, 4) is 0 Å². The van der Waals surface area contributed by atoms with Crippen LogP contribution in [0.5, 0.6) is 0 Å². The lowest BCUT2D eigenvalue weighted by molar-refractivity contribution is -0.143. The van der Waals surface area contributed by atoms with Gasteiger partial charge < -0.3 is 20.3 Å². The summed E-state index contributed by atoms with van der Waals surface area (Å²) in [5.74, 6) is -0.328. The van der Waals surface area contributed by atoms with Crippen LogP contribution in [0.3, 0.4) is 0 Å². The molecule has 3 unspecified atom stereocenters. The molecular weight excluding hydrogens is 332 g/mol. The van der Waals surface area contributed by atoms with Gasteiger partial charge in [0.25, 0.3) is 0 Å². The van der Waals surface area contributed by atoms with Gasteiger partial charge in [0.1, 0.15) is 5.82 Å². The number of piperidine rings is 1. The molecule has 3 atom stereocenters. The predicted octanol–water partition coefficient (Wildman–Crippen LogP) is 3.01. The van der Waals surface area contributed by atoms with Crippen molar-refractivity contribution in [1.82, 2.24) is 20.2 Å². The number of nitrogens with one attached hydrogen (secondary N) is 2. The molecule has 0 saturated carbocycles. The number of aliphatic carboxylic acids is 1. The van der Waals surface area contributed by atoms with Gasteiger partial charge in [-0.1, -0.05) is 32.9 Å². The Kier molecular flexibility index (Phi) is 5.15. The summed E-state index contributed by atoms with van der Waals surface area (Å²) < 4.78 is 0. The molecule has 3 N–H and O–H groups in total. The van der Waals surface area contributed by atoms with Gasteiger partial charge in [0.2, 0.25) is 0 Å². The molecule has 1 aliphatic heterocycles. The Morgan fingerprint density at radius 3 is 2.69 bits per heavy atom. The zero-order valence-electron chi connectivity index (χ0n) is 15.4. The maximum atomic E-state index is 12.8. The minimum Gasteiger partial charge on any atom is -0.481 e. The largest absolute Gasteiger partial charge is 0.481 e. The Labute approximate surface area is 152 Å². The summed E-state index contributed by atoms with van der Waals surface area (Å²) in [6.07, 6.45) is 0.607. The summed E-state index contributed by atoms with van der Waals surface area (Å²) in [6.45, 7) is 6.85. The number of H-pyrrole nitrogens is 1. The molecule has 7 heteroatoms. The van der Waals surface area contributed by atoms with Gasteiger partial charge in [-0.3, -0.25) is 4.79 Å². The van der Waals surface area contributed by atoms with Gasteiger partial charge in [0.05, 0.1) is 23.0 Å². The van der Waals surface area contributed by atoms with Crippen LogP contribution in [0.4, 0.5) is 4.79 Å². The summed E-state index contributed by atoms with van der Waals surface area (Å²) in [7, 11) is 0. The number of nitrogens with zero attached hydrogens (tertiary/aromatic N) is 2. The Morgan fingerprint density at radius 2 is 2.04 bits per heavy atom. The Balaban J connectivity index is 1.77. The van der Waals surface area contributed by atoms with E-state index in [2.05, 4.69) is 15.3 Å². The fraction of sp³-hybridized carbons (Fsp3) is 0.526. The van der Waals surface area contributed by atoms with E-state index >= 15 is 0 Å². The van der Waals surface area contributed by atoms with Gasteiger partial charge in [-0.2, -0.15) is 0 Å². The number of likely N-dealkylation sites (tertiary alicyclic amines) is 1. The number of carbonyl (C=O) groups is 2. The van der Waals surface area contributed by atoms with E-state index < -0.39 is 11.9 Å². The number of benzene rings is 1. The van der Waals surface area contributed by atoms with Gasteiger partial charge >= 0.3 is 12.0 Å². The highest BCUT2D eigenvalue weighted by Gasteiger charge is 2.33. The number of imidazole rings is 1. The lowest BCUT2D eigenvalue weighted by Gasteiger charge is -2.35. The van der Waals surface area contributed by atoms with Gasteiger partial charge in [-0.25, -0.2) is 9.78 Å². The first-order valence-corrected chi connectivity index (χ1v) is 9.08. The second-order valence-corrected chi connectivity index (χ2v) is 7.59. The van der Waals surface area contributed by atoms with Crippen molar-refractivity contribution in [3.63, 3.8) is 0 Å². The lowest BCUT2D eigenvalue weighted by atomic mass is 9.91. The molecule has 2 amide bonds. The molecule has 3 rings (SSSR count). The average molecular weight is 358 g/mol. The molecule has 1 fully saturated rings. The topological polar surface area (TPSA) is 98.3 Å². The van der Waals surface area contributed by atoms with Crippen molar-refractivity contribution in [2.75, 3.05) is 13.1 Å². The Hall–Kier alpha value is -2.57. The van der Waals surface area contributed by atoms with Crippen LogP contribution < -0.4 is 5.32 Å². The molecule has 1 aliphatic rings. The van der Waals surface area contributed by atoms with Crippen molar-refractivity contribution < 1.29 is 14.7 Å². The van der Waals surface area contributed by atoms with E-state index in [-0.39, 0.29) is 30.5 Å². The molecule has 26 heavy (non-hydrogen) atoms. The van der Waals surface area contributed by atoms with Crippen LogP contribution in [-0.4, -0.2) is 45.1 Å². The van der Waals surface area contributed by atoms with E-state index in [9.17, 15) is 14.7 Å². The standard InChI is InChI=1S/C19H26N4O3/c1-11(2)16(17-20-14-6-4-5-7-15(14)21-17)22-19(26)23-9-12(3)8-13(10-23)18(24)25/h4-7,11-13,16H,8-10H2,1-3H3,(H,20,21)(H,22,26)(H,24,25). The van der Waals surface area contributed by atoms with Gasteiger partial charge in [-0.05, 0) is 30.4 Å². The minimum atomic E-state index is -0.841. The Morgan fingerprint density at radius 1 is 1.31 bits per heavy atom. The first kappa shape index (κ1) is 18.2. The van der Waals surface area contributed by atoms with E-state index in [0.29, 0.717) is 13.0 Å². The molecular formula is C19H26N4O3. The van der Waals surface area contributed by atoms with Crippen molar-refractivity contribution >= 4 is 23.0 Å². The van der Waals surface area contributed by atoms with Crippen LogP contribution in [0.1, 0.15) is 39.1 Å². The zero-order valence-corrected chi connectivity index (χ0v) is 15.4. The first-order chi connectivity index (χ1) is 12.3. The number of para-hydroxylation sites is 2. The van der Waals surface area contributed by atoms with E-state index in [0.717, 1.165) is 16.9 Å². The van der Waals surface area contributed by atoms with E-state index in [4.69, 9.17) is 0 Å². The molecule has 140 valence electrons. The second-order valence-electron chi connectivity index (χ2n) is 7.59. The molecule has 2 heterocycles. The monoisotopic (exact) mass is 358 g/mol. The van der Waals surface area contributed by atoms with Crippen LogP contribution >= 0.6 is 0 Å². The van der Waals surface area contributed by atoms with Crippen molar-refractivity contribution in [2.24, 2.45) is 17.8 Å². The number of carboxylic acid groups (broad SMARTS) is 1. The average Bonchev–Trinajstić information content (AvgIpc) is 3.02. The molecule has 1 aromatic heterocycles. The quantitative estimate of drug-likeness (QED) is 0.782. The number of fused-ring (bicyclic) bond motifs is 1. The molecule has 0 bridgehead atoms. The van der Waals surface area contributed by atoms with Gasteiger partial charge in [0.15, 0.2) is 0 Å². The fourth-order valence-corrected chi connectivity index (χ4v) is 3.59. The SMILES string of the molecule is CC1CC(C(=O)O)CN(C(=O)NC(c2nc3ccccc3[nH]2)C(C)C)C1. The molecule has 2 aromatic rings. The lowest BCUT2D eigenvalue weighted by Crippen LogP contribution is -2.50. The van der Waals surface area contributed by atoms with Crippen LogP contribution in [0, 0.1) is 17.8 Å². The highest BCUT2D eigenvalue weighted by Crippen LogP contribution is 2.25. The molecule has 7 nitrogen and oxygen atoms in total. The maximum absolute atomic E-state index is 12.8. The highest BCUT2D eigenvalue weighted by molar-refractivity contribution is 5.78. The molecule has 0 radical (unpaired) electrons. The van der Waals surface area contributed by atoms with Crippen molar-refractivity contribution in [3.05, 3.63) is 30.1 Å². The zero-order chi connectivity index (χ0) is 18.8. The number of urea groups is 1. The van der Waals surface area contributed by atoms with Crippen LogP contribution in [0.2, 0.25) is 0 Å². The summed E-state index contributed by atoms with van der Waals surface area (Å²) in [6, 6.07) is 7.25. The van der Waals surface area contributed by atoms with Crippen molar-refractivity contribution in [1.29, 1.82) is 0 Å². The summed E-state index contributed by atoms with van der Waals surface area (Å²) in [5.41, 5.74) is 1.79. The highest BCUT2D eigenvalue weighted by atomic mass is 16.4. The van der Waals surface area contributed by atoms with Crippen molar-refractivity contribution in [2.45, 2.75) is 33.2 Å². The smallest absolute Gasteiger partial charge is 0.318 e. The third-order valence-electron chi connectivity index (χ3n) is 4.94. The summed E-state index contributed by atoms with van der Waals surface area (Å²) in [4.78, 5) is 33.6. The molecule has 0 aliphatic carbocycles. The molecule has 1 aromatic carbocycles. The molecule has 0 spiro atoms. The number of hydrogen-bond acceptors (Lipinski definition) is 3. The van der Waals surface area contributed by atoms with Crippen LogP contribution in [-0.2, 0) is 4.79 Å². The van der Waals surface area contributed by atoms with Gasteiger partial charge in [0, 0.05) is 13.1 Å². The maximum Gasteiger partial charge on any atom is 0.318 e. The summed E-state index contributed by atoms with van der Waals surface area (Å²) in [5, 5.41) is 12.4. The second kappa shape index (κ2) is 7.35. The van der Waals surface area contributed by atoms with Crippen LogP contribution in [0.25, 0.3) is 11.0 Å². The minimum absolute atomic E-state index is 0.136.